The topological polar surface area (TPSA) is 259 Å². The first-order valence-corrected chi connectivity index (χ1v) is 32.1. The van der Waals surface area contributed by atoms with Gasteiger partial charge < -0.3 is 55.6 Å². The summed E-state index contributed by atoms with van der Waals surface area (Å²) in [4.78, 5) is 167. The normalized spacial score (nSPS) is 24.8. The first-order chi connectivity index (χ1) is 42.5. The molecule has 1 aromatic rings. The van der Waals surface area contributed by atoms with Crippen molar-refractivity contribution in [3.8, 4) is 0 Å². The number of nitrogens with one attached hydrogen (secondary N) is 4. The molecule has 520 valence electrons. The third kappa shape index (κ3) is 22.7. The van der Waals surface area contributed by atoms with E-state index in [0.29, 0.717) is 18.6 Å². The van der Waals surface area contributed by atoms with Crippen molar-refractivity contribution in [1.82, 2.24) is 55.6 Å². The number of nitrogens with zero attached hydrogens (tertiary/aromatic N) is 7. The Balaban J connectivity index is 2.24. The van der Waals surface area contributed by atoms with E-state index in [1.807, 2.05) is 34.6 Å². The molecule has 2 aliphatic rings. The van der Waals surface area contributed by atoms with Crippen molar-refractivity contribution < 1.29 is 74.7 Å². The molecule has 0 radical (unpaired) electrons. The quantitative estimate of drug-likeness (QED) is 0.179. The molecule has 11 amide bonds. The van der Waals surface area contributed by atoms with Crippen molar-refractivity contribution in [2.75, 3.05) is 69.0 Å². The van der Waals surface area contributed by atoms with Crippen LogP contribution in [0.3, 0.4) is 0 Å². The second-order valence-corrected chi connectivity index (χ2v) is 27.4. The van der Waals surface area contributed by atoms with Gasteiger partial charge in [0.1, 0.15) is 59.0 Å². The molecule has 1 saturated carbocycles. The van der Waals surface area contributed by atoms with Gasteiger partial charge in [0, 0.05) is 61.8 Å². The number of halogens is 5. The summed E-state index contributed by atoms with van der Waals surface area (Å²) in [6.07, 6.45) is -1.66. The van der Waals surface area contributed by atoms with Crippen LogP contribution >= 0.6 is 0 Å². The lowest BCUT2D eigenvalue weighted by Crippen LogP contribution is -2.63. The van der Waals surface area contributed by atoms with Crippen LogP contribution in [-0.2, 0) is 65.3 Å². The highest BCUT2D eigenvalue weighted by molar-refractivity contribution is 5.98. The van der Waals surface area contributed by atoms with E-state index in [-0.39, 0.29) is 61.3 Å². The fourth-order valence-corrected chi connectivity index (χ4v) is 11.8. The average Bonchev–Trinajstić information content (AvgIpc) is 0.918. The van der Waals surface area contributed by atoms with E-state index in [0.717, 1.165) is 51.7 Å². The zero-order valence-corrected chi connectivity index (χ0v) is 57.4. The van der Waals surface area contributed by atoms with Crippen molar-refractivity contribution in [2.45, 2.75) is 214 Å². The molecule has 8 atom stereocenters. The highest BCUT2D eigenvalue weighted by Gasteiger charge is 2.43. The second kappa shape index (κ2) is 34.8. The number of hydrogen-bond acceptors (Lipinski definition) is 11. The molecule has 4 N–H and O–H groups in total. The van der Waals surface area contributed by atoms with Crippen LogP contribution in [0.2, 0.25) is 0 Å². The first kappa shape index (κ1) is 79.3. The van der Waals surface area contributed by atoms with Crippen LogP contribution in [0, 0.1) is 41.2 Å². The van der Waals surface area contributed by atoms with E-state index in [2.05, 4.69) is 21.3 Å². The maximum absolute atomic E-state index is 15.0. The first-order valence-electron chi connectivity index (χ1n) is 32.1. The van der Waals surface area contributed by atoms with Gasteiger partial charge in [-0.25, -0.2) is 8.78 Å². The Morgan fingerprint density at radius 1 is 0.565 bits per heavy atom. The third-order valence-electron chi connectivity index (χ3n) is 17.5. The predicted molar refractivity (Wildman–Crippen MR) is 336 cm³/mol. The van der Waals surface area contributed by atoms with E-state index < -0.39 is 175 Å². The fourth-order valence-electron chi connectivity index (χ4n) is 11.8. The van der Waals surface area contributed by atoms with Gasteiger partial charge in [0.05, 0.1) is 19.6 Å². The summed E-state index contributed by atoms with van der Waals surface area (Å²) in [5.74, 6) is -12.9. The van der Waals surface area contributed by atoms with Gasteiger partial charge in [-0.1, -0.05) is 93.9 Å². The van der Waals surface area contributed by atoms with Gasteiger partial charge >= 0.3 is 6.18 Å². The van der Waals surface area contributed by atoms with Gasteiger partial charge in [-0.3, -0.25) is 52.7 Å². The molecule has 2 fully saturated rings. The van der Waals surface area contributed by atoms with E-state index in [4.69, 9.17) is 0 Å². The Labute approximate surface area is 540 Å². The van der Waals surface area contributed by atoms with E-state index in [9.17, 15) is 74.7 Å². The van der Waals surface area contributed by atoms with E-state index in [1.54, 1.807) is 27.7 Å². The largest absolute Gasteiger partial charge is 0.422 e. The lowest BCUT2D eigenvalue weighted by molar-refractivity contribution is -0.149. The number of hydrogen-bond donors (Lipinski definition) is 4. The molecule has 1 aromatic carbocycles. The van der Waals surface area contributed by atoms with Crippen molar-refractivity contribution >= 4 is 65.0 Å². The highest BCUT2D eigenvalue weighted by atomic mass is 19.4. The van der Waals surface area contributed by atoms with Crippen molar-refractivity contribution in [3.05, 3.63) is 34.9 Å². The van der Waals surface area contributed by atoms with Crippen molar-refractivity contribution in [1.29, 1.82) is 0 Å². The fraction of sp³-hybridized carbons (Fsp3) is 0.738. The molecule has 92 heavy (non-hydrogen) atoms. The minimum absolute atomic E-state index is 0.0227. The van der Waals surface area contributed by atoms with Crippen LogP contribution in [0.15, 0.2) is 12.1 Å². The smallest absolute Gasteiger partial charge is 0.351 e. The summed E-state index contributed by atoms with van der Waals surface area (Å²) < 4.78 is 70.8. The van der Waals surface area contributed by atoms with Crippen molar-refractivity contribution in [3.63, 3.8) is 0 Å². The zero-order valence-electron chi connectivity index (χ0n) is 57.4. The second-order valence-electron chi connectivity index (χ2n) is 27.4. The molecule has 1 aliphatic heterocycles. The molecule has 0 spiro atoms. The van der Waals surface area contributed by atoms with Gasteiger partial charge in [-0.2, -0.15) is 13.2 Å². The summed E-state index contributed by atoms with van der Waals surface area (Å²) in [6, 6.07) is -7.60. The summed E-state index contributed by atoms with van der Waals surface area (Å²) in [5.41, 5.74) is -4.23. The standard InChI is InChI=1S/C65H104F5N11O11/c1-19-40(8)56-62(91)77(14)35-53(84)75(12)36-54(85)79(16)50(33-42-23-21-20-22-24-42)61(90)76(13)34-51(82)72-46(26-25-43-31-44(66)55(45(67)32-43)65(68,69)70)60(89)80(17)49(29-39(6)7)59(88)74-64(10,11)63(92)81(18)48(28-38(4)5)57(86)71-41(9)30-52(83)78(15)47(27-37(2)3)58(87)73-56/h31-32,37-42,46-50,56H,19-30,33-36H2,1-18H3,(H,71,86)(H,72,82)(H,73,87)(H,74,88)/t40-,41+,46-,47-,48-,49-,50-,56-/m0/s1. The molecule has 27 heteroatoms. The molecular formula is C65H104F5N11O11. The Morgan fingerprint density at radius 2 is 1.04 bits per heavy atom. The van der Waals surface area contributed by atoms with Crippen LogP contribution in [0.4, 0.5) is 22.0 Å². The van der Waals surface area contributed by atoms with Gasteiger partial charge in [0.25, 0.3) is 0 Å². The Hall–Kier alpha value is -6.96. The minimum Gasteiger partial charge on any atom is -0.351 e. The molecule has 0 unspecified atom stereocenters. The number of amides is 11. The van der Waals surface area contributed by atoms with Crippen LogP contribution < -0.4 is 21.3 Å². The van der Waals surface area contributed by atoms with Crippen LogP contribution in [0.25, 0.3) is 0 Å². The number of alkyl halides is 3. The summed E-state index contributed by atoms with van der Waals surface area (Å²) in [5, 5.41) is 11.0. The SMILES string of the molecule is CC[C@H](C)[C@@H]1NC(=O)[C@H](CC(C)C)N(C)C(=O)C[C@@H](C)NC(=O)[C@H](CC(C)C)N(C)C(=O)C(C)(C)NC(=O)[C@H](CC(C)C)N(C)C(=O)[C@H](CCc2cc(F)c(C(F)(F)F)c(F)c2)NC(=O)CN(C)C(=O)[C@H](CC2CCCCC2)N(C)C(=O)CN(C)C(=O)CN(C)C1=O. The molecule has 0 bridgehead atoms. The van der Waals surface area contributed by atoms with Gasteiger partial charge in [0.2, 0.25) is 65.0 Å². The number of rotatable bonds is 13. The summed E-state index contributed by atoms with van der Waals surface area (Å²) in [7, 11) is 9.48. The Morgan fingerprint density at radius 3 is 1.55 bits per heavy atom. The van der Waals surface area contributed by atoms with Crippen LogP contribution in [0.5, 0.6) is 0 Å². The number of carbonyl (C=O) groups is 11. The lowest BCUT2D eigenvalue weighted by Gasteiger charge is -2.38. The van der Waals surface area contributed by atoms with Gasteiger partial charge in [-0.15, -0.1) is 0 Å². The maximum atomic E-state index is 15.0. The Kier molecular flexibility index (Phi) is 30.0. The number of benzene rings is 1. The Bertz CT molecular complexity index is 2750. The van der Waals surface area contributed by atoms with E-state index >= 15 is 0 Å². The molecule has 1 heterocycles. The number of carbonyl (C=O) groups excluding carboxylic acids is 11. The molecule has 1 aliphatic carbocycles. The maximum Gasteiger partial charge on any atom is 0.422 e. The molecule has 22 nitrogen and oxygen atoms in total. The summed E-state index contributed by atoms with van der Waals surface area (Å²) in [6.45, 7) is 17.0. The van der Waals surface area contributed by atoms with Crippen LogP contribution in [-0.4, -0.2) is 216 Å². The van der Waals surface area contributed by atoms with Gasteiger partial charge in [-0.05, 0) is 107 Å². The number of likely N-dealkylation sites (N-methyl/N-ethyl adjacent to an activating group) is 7. The summed E-state index contributed by atoms with van der Waals surface area (Å²) >= 11 is 0. The van der Waals surface area contributed by atoms with Gasteiger partial charge in [0.15, 0.2) is 0 Å². The van der Waals surface area contributed by atoms with Crippen molar-refractivity contribution in [2.24, 2.45) is 29.6 Å². The van der Waals surface area contributed by atoms with E-state index in [1.165, 1.54) is 77.9 Å². The molecule has 0 aromatic heterocycles. The minimum atomic E-state index is -5.38. The molecular weight excluding hydrogens is 1210 g/mol. The third-order valence-corrected chi connectivity index (χ3v) is 17.5. The predicted octanol–water partition coefficient (Wildman–Crippen LogP) is 5.53. The average molecular weight is 1310 g/mol. The number of aryl methyl sites for hydroxylation is 1. The highest BCUT2D eigenvalue weighted by Crippen LogP contribution is 2.35. The van der Waals surface area contributed by atoms with Crippen LogP contribution in [0.1, 0.15) is 164 Å². The monoisotopic (exact) mass is 1310 g/mol. The molecule has 1 saturated heterocycles. The zero-order chi connectivity index (χ0) is 70.2. The molecule has 3 rings (SSSR count). The lowest BCUT2D eigenvalue weighted by atomic mass is 9.84.